The minimum atomic E-state index is -0.410. The molecule has 0 saturated carbocycles. The monoisotopic (exact) mass is 351 g/mol. The van der Waals surface area contributed by atoms with Gasteiger partial charge in [0.25, 0.3) is 11.1 Å². The molecule has 8 heteroatoms. The Hall–Kier alpha value is -2.22. The van der Waals surface area contributed by atoms with Crippen LogP contribution in [0.4, 0.5) is 4.79 Å². The van der Waals surface area contributed by atoms with Gasteiger partial charge in [-0.1, -0.05) is 11.8 Å². The van der Waals surface area contributed by atoms with Crippen LogP contribution in [-0.2, 0) is 4.79 Å². The average molecular weight is 351 g/mol. The first-order chi connectivity index (χ1) is 11.5. The van der Waals surface area contributed by atoms with Crippen LogP contribution in [0, 0.1) is 0 Å². The zero-order valence-corrected chi connectivity index (χ0v) is 14.5. The summed E-state index contributed by atoms with van der Waals surface area (Å²) in [6.45, 7) is 4.86. The summed E-state index contributed by atoms with van der Waals surface area (Å²) in [5.41, 5.74) is 5.12. The van der Waals surface area contributed by atoms with E-state index in [9.17, 15) is 14.4 Å². The van der Waals surface area contributed by atoms with Gasteiger partial charge in [-0.25, -0.2) is 0 Å². The van der Waals surface area contributed by atoms with Crippen molar-refractivity contribution in [1.82, 2.24) is 15.8 Å². The Balaban J connectivity index is 1.73. The molecule has 130 valence electrons. The number of thioether (sulfide) groups is 1. The molecule has 0 aromatic heterocycles. The second-order valence-corrected chi connectivity index (χ2v) is 6.59. The fourth-order valence-electron chi connectivity index (χ4n) is 2.08. The number of ether oxygens (including phenoxy) is 1. The van der Waals surface area contributed by atoms with Gasteiger partial charge in [-0.05, 0) is 38.1 Å². The lowest BCUT2D eigenvalue weighted by atomic mass is 10.2. The molecule has 0 atom stereocenters. The molecule has 0 aliphatic carbocycles. The van der Waals surface area contributed by atoms with E-state index in [-0.39, 0.29) is 23.7 Å². The highest BCUT2D eigenvalue weighted by atomic mass is 32.2. The topological polar surface area (TPSA) is 87.7 Å². The summed E-state index contributed by atoms with van der Waals surface area (Å²) in [4.78, 5) is 36.7. The van der Waals surface area contributed by atoms with Crippen LogP contribution in [0.5, 0.6) is 5.75 Å². The Morgan fingerprint density at radius 1 is 1.25 bits per heavy atom. The van der Waals surface area contributed by atoms with E-state index < -0.39 is 5.91 Å². The highest BCUT2D eigenvalue weighted by Gasteiger charge is 2.21. The third-order valence-corrected chi connectivity index (χ3v) is 4.15. The van der Waals surface area contributed by atoms with Crippen molar-refractivity contribution in [3.8, 4) is 5.75 Å². The van der Waals surface area contributed by atoms with Gasteiger partial charge in [0.05, 0.1) is 6.10 Å². The minimum absolute atomic E-state index is 0.00413. The van der Waals surface area contributed by atoms with E-state index in [1.807, 2.05) is 13.8 Å². The molecule has 0 spiro atoms. The van der Waals surface area contributed by atoms with E-state index in [1.165, 1.54) is 11.8 Å². The highest BCUT2D eigenvalue weighted by molar-refractivity contribution is 8.13. The first kappa shape index (κ1) is 18.1. The van der Waals surface area contributed by atoms with Crippen molar-refractivity contribution in [3.05, 3.63) is 29.8 Å². The Labute approximate surface area is 145 Å². The van der Waals surface area contributed by atoms with E-state index in [0.717, 1.165) is 5.75 Å². The van der Waals surface area contributed by atoms with Crippen LogP contribution in [-0.4, -0.2) is 46.9 Å². The molecule has 3 amide bonds. The van der Waals surface area contributed by atoms with E-state index in [2.05, 4.69) is 10.9 Å². The van der Waals surface area contributed by atoms with Crippen LogP contribution in [0.15, 0.2) is 24.3 Å². The Kier molecular flexibility index (Phi) is 6.48. The predicted molar refractivity (Wildman–Crippen MR) is 91.9 cm³/mol. The number of carbonyl (C=O) groups excluding carboxylic acids is 3. The molecule has 1 heterocycles. The zero-order chi connectivity index (χ0) is 17.5. The number of hydrogen-bond donors (Lipinski definition) is 2. The molecule has 1 aromatic carbocycles. The quantitative estimate of drug-likeness (QED) is 0.763. The molecule has 1 aliphatic heterocycles. The van der Waals surface area contributed by atoms with Crippen molar-refractivity contribution < 1.29 is 19.1 Å². The number of benzene rings is 1. The summed E-state index contributed by atoms with van der Waals surface area (Å²) in [5.74, 6) is 0.687. The standard InChI is InChI=1S/C16H21N3O4S/c1-11(2)23-13-5-3-12(4-6-13)15(21)18-17-14(20)7-8-19-9-10-24-16(19)22/h3-6,11H,7-10H2,1-2H3,(H,17,20)(H,18,21). The molecule has 1 aromatic rings. The highest BCUT2D eigenvalue weighted by Crippen LogP contribution is 2.17. The van der Waals surface area contributed by atoms with Crippen molar-refractivity contribution in [1.29, 1.82) is 0 Å². The first-order valence-electron chi connectivity index (χ1n) is 7.73. The van der Waals surface area contributed by atoms with E-state index in [0.29, 0.717) is 24.4 Å². The summed E-state index contributed by atoms with van der Waals surface area (Å²) in [6, 6.07) is 6.65. The number of carbonyl (C=O) groups is 3. The van der Waals surface area contributed by atoms with Gasteiger partial charge in [-0.3, -0.25) is 25.2 Å². The fraction of sp³-hybridized carbons (Fsp3) is 0.438. The van der Waals surface area contributed by atoms with Gasteiger partial charge in [-0.15, -0.1) is 0 Å². The maximum Gasteiger partial charge on any atom is 0.281 e. The van der Waals surface area contributed by atoms with Gasteiger partial charge in [0.2, 0.25) is 5.91 Å². The van der Waals surface area contributed by atoms with Crippen molar-refractivity contribution in [2.75, 3.05) is 18.8 Å². The second-order valence-electron chi connectivity index (χ2n) is 5.54. The molecule has 2 N–H and O–H groups in total. The van der Waals surface area contributed by atoms with Gasteiger partial charge in [0.1, 0.15) is 5.75 Å². The largest absolute Gasteiger partial charge is 0.491 e. The first-order valence-corrected chi connectivity index (χ1v) is 8.72. The van der Waals surface area contributed by atoms with E-state index >= 15 is 0 Å². The van der Waals surface area contributed by atoms with Gasteiger partial charge >= 0.3 is 0 Å². The van der Waals surface area contributed by atoms with Crippen molar-refractivity contribution >= 4 is 28.8 Å². The smallest absolute Gasteiger partial charge is 0.281 e. The Bertz CT molecular complexity index is 604. The van der Waals surface area contributed by atoms with Crippen LogP contribution in [0.3, 0.4) is 0 Å². The van der Waals surface area contributed by atoms with Crippen LogP contribution in [0.25, 0.3) is 0 Å². The summed E-state index contributed by atoms with van der Waals surface area (Å²) < 4.78 is 5.50. The third kappa shape index (κ3) is 5.45. The Morgan fingerprint density at radius 3 is 2.54 bits per heavy atom. The number of hydrazine groups is 1. The molecular formula is C16H21N3O4S. The van der Waals surface area contributed by atoms with Gasteiger partial charge in [0.15, 0.2) is 0 Å². The third-order valence-electron chi connectivity index (χ3n) is 3.26. The van der Waals surface area contributed by atoms with Crippen molar-refractivity contribution in [2.45, 2.75) is 26.4 Å². The van der Waals surface area contributed by atoms with E-state index in [1.54, 1.807) is 29.2 Å². The fourth-order valence-corrected chi connectivity index (χ4v) is 2.93. The lowest BCUT2D eigenvalue weighted by molar-refractivity contribution is -0.122. The summed E-state index contributed by atoms with van der Waals surface area (Å²) in [7, 11) is 0. The van der Waals surface area contributed by atoms with Crippen LogP contribution in [0.1, 0.15) is 30.6 Å². The number of hydrogen-bond acceptors (Lipinski definition) is 5. The molecule has 0 unspecified atom stereocenters. The summed E-state index contributed by atoms with van der Waals surface area (Å²) in [5, 5.41) is -0.00413. The van der Waals surface area contributed by atoms with Crippen molar-refractivity contribution in [3.63, 3.8) is 0 Å². The number of rotatable bonds is 6. The maximum atomic E-state index is 12.0. The zero-order valence-electron chi connectivity index (χ0n) is 13.7. The minimum Gasteiger partial charge on any atom is -0.491 e. The van der Waals surface area contributed by atoms with Gasteiger partial charge < -0.3 is 9.64 Å². The van der Waals surface area contributed by atoms with Crippen molar-refractivity contribution in [2.24, 2.45) is 0 Å². The van der Waals surface area contributed by atoms with Crippen LogP contribution in [0.2, 0.25) is 0 Å². The molecule has 1 aliphatic rings. The molecule has 7 nitrogen and oxygen atoms in total. The molecule has 24 heavy (non-hydrogen) atoms. The van der Waals surface area contributed by atoms with Crippen LogP contribution >= 0.6 is 11.8 Å². The van der Waals surface area contributed by atoms with Crippen LogP contribution < -0.4 is 15.6 Å². The normalized spacial score (nSPS) is 14.0. The number of nitrogens with one attached hydrogen (secondary N) is 2. The molecule has 2 rings (SSSR count). The lowest BCUT2D eigenvalue weighted by Crippen LogP contribution is -2.42. The molecule has 0 bridgehead atoms. The molecule has 1 fully saturated rings. The second kappa shape index (κ2) is 8.58. The average Bonchev–Trinajstić information content (AvgIpc) is 2.96. The Morgan fingerprint density at radius 2 is 1.96 bits per heavy atom. The SMILES string of the molecule is CC(C)Oc1ccc(C(=O)NNC(=O)CCN2CCSC2=O)cc1. The molecule has 0 radical (unpaired) electrons. The molecule has 1 saturated heterocycles. The van der Waals surface area contributed by atoms with Gasteiger partial charge in [0, 0.05) is 30.8 Å². The summed E-state index contributed by atoms with van der Waals surface area (Å²) in [6.07, 6.45) is 0.207. The molecular weight excluding hydrogens is 330 g/mol. The predicted octanol–water partition coefficient (Wildman–Crippen LogP) is 1.79. The maximum absolute atomic E-state index is 12.0. The summed E-state index contributed by atoms with van der Waals surface area (Å²) >= 11 is 1.25. The number of amides is 3. The van der Waals surface area contributed by atoms with E-state index in [4.69, 9.17) is 4.74 Å². The van der Waals surface area contributed by atoms with Gasteiger partial charge in [-0.2, -0.15) is 0 Å². The lowest BCUT2D eigenvalue weighted by Gasteiger charge is -2.14. The number of nitrogens with zero attached hydrogens (tertiary/aromatic N) is 1.